The van der Waals surface area contributed by atoms with Crippen molar-refractivity contribution in [2.75, 3.05) is 13.6 Å². The molecule has 2 aromatic heterocycles. The Hall–Kier alpha value is -1.33. The van der Waals surface area contributed by atoms with Gasteiger partial charge in [-0.3, -0.25) is 4.40 Å². The van der Waals surface area contributed by atoms with Gasteiger partial charge in [0.2, 0.25) is 5.78 Å². The Bertz CT molecular complexity index is 754. The van der Waals surface area contributed by atoms with Gasteiger partial charge in [0.1, 0.15) is 4.60 Å². The topological polar surface area (TPSA) is 45.1 Å². The molecule has 3 aromatic rings. The van der Waals surface area contributed by atoms with Crippen LogP contribution in [0.3, 0.4) is 0 Å². The Labute approximate surface area is 120 Å². The van der Waals surface area contributed by atoms with Gasteiger partial charge < -0.3 is 10.3 Å². The van der Waals surface area contributed by atoms with Crippen LogP contribution in [0.4, 0.5) is 0 Å². The van der Waals surface area contributed by atoms with Gasteiger partial charge in [-0.05, 0) is 54.0 Å². The second kappa shape index (κ2) is 4.65. The van der Waals surface area contributed by atoms with Crippen LogP contribution in [-0.2, 0) is 6.42 Å². The minimum Gasteiger partial charge on any atom is -0.326 e. The normalized spacial score (nSPS) is 11.8. The number of fused-ring (bicyclic) bond motifs is 3. The third-order valence-corrected chi connectivity index (χ3v) is 4.52. The van der Waals surface area contributed by atoms with Crippen molar-refractivity contribution in [2.45, 2.75) is 20.3 Å². The fraction of sp³-hybridized carbons (Fsp3) is 0.357. The second-order valence-corrected chi connectivity index (χ2v) is 5.65. The lowest BCUT2D eigenvalue weighted by Gasteiger charge is -2.02. The summed E-state index contributed by atoms with van der Waals surface area (Å²) in [6.45, 7) is 5.19. The van der Waals surface area contributed by atoms with E-state index in [1.807, 2.05) is 7.05 Å². The largest absolute Gasteiger partial charge is 0.326 e. The molecule has 0 amide bonds. The number of halogens is 1. The highest BCUT2D eigenvalue weighted by Gasteiger charge is 2.15. The minimum absolute atomic E-state index is 0.904. The van der Waals surface area contributed by atoms with Crippen molar-refractivity contribution in [1.29, 1.82) is 0 Å². The summed E-state index contributed by atoms with van der Waals surface area (Å²) in [6.07, 6.45) is 0.951. The van der Waals surface area contributed by atoms with E-state index < -0.39 is 0 Å². The monoisotopic (exact) mass is 320 g/mol. The first kappa shape index (κ1) is 12.7. The molecule has 0 saturated carbocycles. The van der Waals surface area contributed by atoms with E-state index in [4.69, 9.17) is 4.98 Å². The zero-order valence-corrected chi connectivity index (χ0v) is 12.9. The van der Waals surface area contributed by atoms with Crippen molar-refractivity contribution in [3.63, 3.8) is 0 Å². The van der Waals surface area contributed by atoms with E-state index >= 15 is 0 Å². The maximum absolute atomic E-state index is 4.72. The lowest BCUT2D eigenvalue weighted by molar-refractivity contribution is 0.777. The molecule has 0 aliphatic carbocycles. The number of benzene rings is 1. The Morgan fingerprint density at radius 3 is 2.89 bits per heavy atom. The standard InChI is InChI=1S/C14H17BrN4/c1-8-4-5-11-12(9(8)2)18-14-17-10(6-7-16-3)13(15)19(11)14/h4-5,16H,6-7H2,1-3H3,(H,17,18). The van der Waals surface area contributed by atoms with E-state index in [1.165, 1.54) is 16.8 Å². The molecule has 2 N–H and O–H groups in total. The average Bonchev–Trinajstić information content (AvgIpc) is 2.90. The molecule has 0 radical (unpaired) electrons. The van der Waals surface area contributed by atoms with Crippen LogP contribution in [0.15, 0.2) is 16.7 Å². The predicted molar refractivity (Wildman–Crippen MR) is 81.9 cm³/mol. The second-order valence-electron chi connectivity index (χ2n) is 4.89. The molecule has 19 heavy (non-hydrogen) atoms. The molecule has 0 aliphatic heterocycles. The number of hydrogen-bond acceptors (Lipinski definition) is 2. The van der Waals surface area contributed by atoms with E-state index in [1.54, 1.807) is 0 Å². The van der Waals surface area contributed by atoms with Gasteiger partial charge in [-0.1, -0.05) is 6.07 Å². The van der Waals surface area contributed by atoms with Gasteiger partial charge in [0, 0.05) is 13.0 Å². The minimum atomic E-state index is 0.904. The summed E-state index contributed by atoms with van der Waals surface area (Å²) in [7, 11) is 1.96. The van der Waals surface area contributed by atoms with Gasteiger partial charge >= 0.3 is 0 Å². The Morgan fingerprint density at radius 2 is 2.16 bits per heavy atom. The number of nitrogens with zero attached hydrogens (tertiary/aromatic N) is 2. The van der Waals surface area contributed by atoms with Crippen LogP contribution in [0.5, 0.6) is 0 Å². The van der Waals surface area contributed by atoms with E-state index in [0.29, 0.717) is 0 Å². The number of H-pyrrole nitrogens is 1. The zero-order chi connectivity index (χ0) is 13.6. The van der Waals surface area contributed by atoms with E-state index in [-0.39, 0.29) is 0 Å². The number of rotatable bonds is 3. The van der Waals surface area contributed by atoms with Gasteiger partial charge in [0.15, 0.2) is 0 Å². The molecule has 0 aliphatic rings. The summed E-state index contributed by atoms with van der Waals surface area (Å²) < 4.78 is 3.22. The van der Waals surface area contributed by atoms with Crippen LogP contribution < -0.4 is 5.32 Å². The van der Waals surface area contributed by atoms with Gasteiger partial charge in [-0.2, -0.15) is 0 Å². The maximum Gasteiger partial charge on any atom is 0.213 e. The van der Waals surface area contributed by atoms with Crippen LogP contribution >= 0.6 is 15.9 Å². The summed E-state index contributed by atoms with van der Waals surface area (Å²) >= 11 is 3.69. The highest BCUT2D eigenvalue weighted by Crippen LogP contribution is 2.27. The van der Waals surface area contributed by atoms with Crippen LogP contribution in [0.2, 0.25) is 0 Å². The molecule has 0 spiro atoms. The predicted octanol–water partition coefficient (Wildman–Crippen LogP) is 2.96. The van der Waals surface area contributed by atoms with Crippen LogP contribution in [0, 0.1) is 13.8 Å². The highest BCUT2D eigenvalue weighted by molar-refractivity contribution is 9.10. The number of aromatic amines is 1. The fourth-order valence-corrected chi connectivity index (χ4v) is 3.05. The molecular formula is C14H17BrN4. The number of likely N-dealkylation sites (N-methyl/N-ethyl adjacent to an activating group) is 1. The van der Waals surface area contributed by atoms with Gasteiger partial charge in [0.05, 0.1) is 16.7 Å². The Balaban J connectivity index is 2.25. The lowest BCUT2D eigenvalue weighted by atomic mass is 10.1. The molecular weight excluding hydrogens is 304 g/mol. The van der Waals surface area contributed by atoms with Crippen molar-refractivity contribution in [2.24, 2.45) is 0 Å². The summed E-state index contributed by atoms with van der Waals surface area (Å²) in [5, 5.41) is 3.16. The summed E-state index contributed by atoms with van der Waals surface area (Å²) in [5.74, 6) is 0.904. The molecule has 0 unspecified atom stereocenters. The summed E-state index contributed by atoms with van der Waals surface area (Å²) in [4.78, 5) is 8.12. The fourth-order valence-electron chi connectivity index (χ4n) is 2.40. The zero-order valence-electron chi connectivity index (χ0n) is 11.3. The van der Waals surface area contributed by atoms with Crippen molar-refractivity contribution in [3.05, 3.63) is 33.6 Å². The SMILES string of the molecule is CNCCc1[nH]c2nc3c(C)c(C)ccc3n2c1Br. The third kappa shape index (κ3) is 1.88. The molecule has 100 valence electrons. The first-order valence-corrected chi connectivity index (χ1v) is 7.22. The summed E-state index contributed by atoms with van der Waals surface area (Å²) in [6, 6.07) is 4.29. The smallest absolute Gasteiger partial charge is 0.213 e. The molecule has 1 aromatic carbocycles. The first-order chi connectivity index (χ1) is 9.13. The highest BCUT2D eigenvalue weighted by atomic mass is 79.9. The van der Waals surface area contributed by atoms with Crippen molar-refractivity contribution >= 4 is 32.7 Å². The van der Waals surface area contributed by atoms with E-state index in [9.17, 15) is 0 Å². The first-order valence-electron chi connectivity index (χ1n) is 6.42. The van der Waals surface area contributed by atoms with E-state index in [2.05, 4.69) is 56.6 Å². The third-order valence-electron chi connectivity index (χ3n) is 3.68. The van der Waals surface area contributed by atoms with Gasteiger partial charge in [-0.15, -0.1) is 0 Å². The Morgan fingerprint density at radius 1 is 1.37 bits per heavy atom. The molecule has 2 heterocycles. The maximum atomic E-state index is 4.72. The number of aryl methyl sites for hydroxylation is 2. The van der Waals surface area contributed by atoms with Crippen LogP contribution in [0.1, 0.15) is 16.8 Å². The van der Waals surface area contributed by atoms with Crippen molar-refractivity contribution < 1.29 is 0 Å². The van der Waals surface area contributed by atoms with Crippen LogP contribution in [0.25, 0.3) is 16.8 Å². The molecule has 0 saturated heterocycles. The molecule has 4 nitrogen and oxygen atoms in total. The van der Waals surface area contributed by atoms with Gasteiger partial charge in [-0.25, -0.2) is 4.98 Å². The van der Waals surface area contributed by atoms with Crippen molar-refractivity contribution in [1.82, 2.24) is 19.7 Å². The molecule has 3 rings (SSSR count). The number of imidazole rings is 2. The lowest BCUT2D eigenvalue weighted by Crippen LogP contribution is -2.10. The molecule has 0 bridgehead atoms. The number of hydrogen-bond donors (Lipinski definition) is 2. The van der Waals surface area contributed by atoms with E-state index in [0.717, 1.165) is 34.4 Å². The van der Waals surface area contributed by atoms with Gasteiger partial charge in [0.25, 0.3) is 0 Å². The molecule has 0 atom stereocenters. The van der Waals surface area contributed by atoms with Crippen molar-refractivity contribution in [3.8, 4) is 0 Å². The van der Waals surface area contributed by atoms with Crippen LogP contribution in [-0.4, -0.2) is 28.0 Å². The molecule has 5 heteroatoms. The molecule has 0 fully saturated rings. The average molecular weight is 321 g/mol. The number of aromatic nitrogens is 3. The Kier molecular flexibility index (Phi) is 3.11. The summed E-state index contributed by atoms with van der Waals surface area (Å²) in [5.41, 5.74) is 5.93. The quantitative estimate of drug-likeness (QED) is 0.779. The number of nitrogens with one attached hydrogen (secondary N) is 2.